The number of halogens is 3. The second kappa shape index (κ2) is 9.02. The average molecular weight is 500 g/mol. The summed E-state index contributed by atoms with van der Waals surface area (Å²) in [5.41, 5.74) is -1.01. The molecular weight excluding hydrogens is 483 g/mol. The second-order valence-electron chi connectivity index (χ2n) is 6.76. The zero-order valence-corrected chi connectivity index (χ0v) is 19.3. The molecule has 0 radical (unpaired) electrons. The van der Waals surface area contributed by atoms with Gasteiger partial charge in [-0.25, -0.2) is 4.39 Å². The molecule has 1 aliphatic heterocycles. The first kappa shape index (κ1) is 22.5. The Morgan fingerprint density at radius 3 is 2.71 bits per heavy atom. The highest BCUT2D eigenvalue weighted by Crippen LogP contribution is 2.64. The van der Waals surface area contributed by atoms with Gasteiger partial charge < -0.3 is 9.05 Å². The molecule has 1 atom stereocenters. The van der Waals surface area contributed by atoms with Crippen LogP contribution in [0.25, 0.3) is 10.1 Å². The van der Waals surface area contributed by atoms with Crippen molar-refractivity contribution in [2.75, 3.05) is 18.1 Å². The van der Waals surface area contributed by atoms with Gasteiger partial charge in [0.05, 0.1) is 23.9 Å². The summed E-state index contributed by atoms with van der Waals surface area (Å²) < 4.78 is 40.4. The van der Waals surface area contributed by atoms with E-state index in [4.69, 9.17) is 32.2 Å². The Morgan fingerprint density at radius 1 is 1.26 bits per heavy atom. The van der Waals surface area contributed by atoms with Crippen LogP contribution in [0.5, 0.6) is 0 Å². The van der Waals surface area contributed by atoms with E-state index in [0.29, 0.717) is 22.4 Å². The van der Waals surface area contributed by atoms with E-state index >= 15 is 0 Å². The molecule has 0 bridgehead atoms. The second-order valence-corrected chi connectivity index (χ2v) is 10.6. The molecule has 0 spiro atoms. The summed E-state index contributed by atoms with van der Waals surface area (Å²) in [5.74, 6) is -1.50. The third-order valence-electron chi connectivity index (χ3n) is 4.85. The van der Waals surface area contributed by atoms with Crippen LogP contribution in [0.3, 0.4) is 0 Å². The topological polar surface area (TPSA) is 55.8 Å². The quantitative estimate of drug-likeness (QED) is 0.348. The molecule has 10 heteroatoms. The number of nitrogens with zero attached hydrogens (tertiary/aromatic N) is 1. The maximum atomic E-state index is 14.7. The lowest BCUT2D eigenvalue weighted by atomic mass is 10.1. The third-order valence-corrected chi connectivity index (χ3v) is 8.58. The Labute approximate surface area is 192 Å². The lowest BCUT2D eigenvalue weighted by Crippen LogP contribution is -2.33. The van der Waals surface area contributed by atoms with Crippen LogP contribution in [-0.4, -0.2) is 19.1 Å². The zero-order valence-electron chi connectivity index (χ0n) is 16.1. The highest BCUT2D eigenvalue weighted by Gasteiger charge is 2.47. The van der Waals surface area contributed by atoms with Crippen molar-refractivity contribution in [1.29, 1.82) is 0 Å². The minimum absolute atomic E-state index is 0.112. The van der Waals surface area contributed by atoms with Gasteiger partial charge >= 0.3 is 7.60 Å². The summed E-state index contributed by atoms with van der Waals surface area (Å²) in [5, 5.41) is 2.68. The van der Waals surface area contributed by atoms with Crippen molar-refractivity contribution in [2.24, 2.45) is 0 Å². The predicted molar refractivity (Wildman–Crippen MR) is 123 cm³/mol. The number of thiophene rings is 1. The molecule has 31 heavy (non-hydrogen) atoms. The fraction of sp³-hybridized carbons (Fsp3) is 0.190. The van der Waals surface area contributed by atoms with Gasteiger partial charge in [-0.2, -0.15) is 0 Å². The number of benzene rings is 2. The summed E-state index contributed by atoms with van der Waals surface area (Å²) in [4.78, 5) is 14.7. The first-order valence-electron chi connectivity index (χ1n) is 9.31. The Hall–Kier alpha value is -1.73. The molecular formula is C21H17Cl2FNO4PS. The molecule has 0 saturated carbocycles. The summed E-state index contributed by atoms with van der Waals surface area (Å²) in [7, 11) is -3.93. The minimum atomic E-state index is -3.93. The van der Waals surface area contributed by atoms with Gasteiger partial charge in [0, 0.05) is 15.9 Å². The Kier molecular flexibility index (Phi) is 6.54. The molecule has 2 heterocycles. The normalized spacial score (nSPS) is 16.7. The number of carbonyl (C=O) groups excluding carboxylic acids is 1. The number of rotatable bonds is 5. The fourth-order valence-electron chi connectivity index (χ4n) is 3.42. The van der Waals surface area contributed by atoms with Gasteiger partial charge in [0.1, 0.15) is 0 Å². The van der Waals surface area contributed by atoms with Gasteiger partial charge in [-0.3, -0.25) is 14.3 Å². The van der Waals surface area contributed by atoms with Crippen molar-refractivity contribution in [3.05, 3.63) is 76.0 Å². The summed E-state index contributed by atoms with van der Waals surface area (Å²) in [6.45, 7) is 4.01. The maximum absolute atomic E-state index is 14.7. The van der Waals surface area contributed by atoms with Crippen molar-refractivity contribution >= 4 is 63.8 Å². The van der Waals surface area contributed by atoms with E-state index in [1.54, 1.807) is 17.5 Å². The van der Waals surface area contributed by atoms with Gasteiger partial charge in [0.15, 0.2) is 11.5 Å². The van der Waals surface area contributed by atoms with E-state index < -0.39 is 25.0 Å². The Bertz CT molecular complexity index is 1210. The molecule has 2 aromatic carbocycles. The third kappa shape index (κ3) is 4.19. The van der Waals surface area contributed by atoms with Gasteiger partial charge in [0.2, 0.25) is 0 Å². The van der Waals surface area contributed by atoms with Crippen molar-refractivity contribution in [2.45, 2.75) is 12.1 Å². The van der Waals surface area contributed by atoms with Gasteiger partial charge in [-0.1, -0.05) is 35.8 Å². The smallest absolute Gasteiger partial charge is 0.308 e. The summed E-state index contributed by atoms with van der Waals surface area (Å²) in [6, 6.07) is 9.50. The first-order valence-corrected chi connectivity index (χ1v) is 12.6. The summed E-state index contributed by atoms with van der Waals surface area (Å²) in [6.07, 6.45) is 1.71. The van der Waals surface area contributed by atoms with Crippen molar-refractivity contribution < 1.29 is 22.8 Å². The highest BCUT2D eigenvalue weighted by molar-refractivity contribution is 7.55. The monoisotopic (exact) mass is 499 g/mol. The largest absolute Gasteiger partial charge is 0.347 e. The van der Waals surface area contributed by atoms with Crippen molar-refractivity contribution in [1.82, 2.24) is 0 Å². The molecule has 0 aliphatic carbocycles. The van der Waals surface area contributed by atoms with Gasteiger partial charge in [-0.15, -0.1) is 11.3 Å². The van der Waals surface area contributed by atoms with Gasteiger partial charge in [-0.05, 0) is 53.1 Å². The van der Waals surface area contributed by atoms with E-state index in [1.807, 2.05) is 6.07 Å². The molecule has 5 nitrogen and oxygen atoms in total. The molecule has 1 aliphatic rings. The van der Waals surface area contributed by atoms with E-state index in [1.165, 1.54) is 29.5 Å². The minimum Gasteiger partial charge on any atom is -0.308 e. The van der Waals surface area contributed by atoms with Crippen LogP contribution >= 0.6 is 42.1 Å². The number of amides is 1. The van der Waals surface area contributed by atoms with Crippen LogP contribution in [0.15, 0.2) is 54.6 Å². The number of hydrogen-bond acceptors (Lipinski definition) is 5. The molecule has 1 fully saturated rings. The predicted octanol–water partition coefficient (Wildman–Crippen LogP) is 7.20. The van der Waals surface area contributed by atoms with E-state index in [9.17, 15) is 13.8 Å². The standard InChI is InChI=1S/C21H17Cl2FNO4PS/c1-2-25(17-6-3-5-16(23)19(17)24)21(26)20(30(27)28-9-4-10-29-30)15-12-31-18-8-7-13(22)11-14(15)18/h2-3,5-8,11-12,20H,1,4,9-10H2. The van der Waals surface area contributed by atoms with E-state index in [-0.39, 0.29) is 23.9 Å². The molecule has 3 aromatic rings. The zero-order chi connectivity index (χ0) is 22.2. The van der Waals surface area contributed by atoms with Crippen LogP contribution in [0.1, 0.15) is 17.6 Å². The van der Waals surface area contributed by atoms with E-state index in [0.717, 1.165) is 15.8 Å². The number of anilines is 1. The molecule has 162 valence electrons. The van der Waals surface area contributed by atoms with Crippen LogP contribution in [0, 0.1) is 5.82 Å². The molecule has 1 amide bonds. The van der Waals surface area contributed by atoms with Crippen LogP contribution in [0.2, 0.25) is 10.0 Å². The molecule has 4 rings (SSSR count). The Morgan fingerprint density at radius 2 is 2.00 bits per heavy atom. The first-order chi connectivity index (χ1) is 14.9. The molecule has 1 saturated heterocycles. The van der Waals surface area contributed by atoms with E-state index in [2.05, 4.69) is 6.58 Å². The van der Waals surface area contributed by atoms with Crippen LogP contribution < -0.4 is 4.90 Å². The van der Waals surface area contributed by atoms with Crippen LogP contribution in [-0.2, 0) is 18.4 Å². The SMILES string of the molecule is C=CN(C(=O)C(c1csc2ccc(Cl)cc12)P1(=O)OCCCO1)c1cccc(Cl)c1F. The number of hydrogen-bond donors (Lipinski definition) is 0. The van der Waals surface area contributed by atoms with Crippen LogP contribution in [0.4, 0.5) is 10.1 Å². The Balaban J connectivity index is 1.88. The summed E-state index contributed by atoms with van der Waals surface area (Å²) >= 11 is 13.4. The molecule has 1 unspecified atom stereocenters. The van der Waals surface area contributed by atoms with Crippen molar-refractivity contribution in [3.8, 4) is 0 Å². The molecule has 0 N–H and O–H groups in total. The lowest BCUT2D eigenvalue weighted by molar-refractivity contribution is -0.118. The maximum Gasteiger partial charge on any atom is 0.347 e. The van der Waals surface area contributed by atoms with Gasteiger partial charge in [0.25, 0.3) is 5.91 Å². The average Bonchev–Trinajstić information content (AvgIpc) is 3.14. The fourth-order valence-corrected chi connectivity index (χ4v) is 6.92. The number of carbonyl (C=O) groups is 1. The van der Waals surface area contributed by atoms with Crippen molar-refractivity contribution in [3.63, 3.8) is 0 Å². The highest BCUT2D eigenvalue weighted by atomic mass is 35.5. The molecule has 1 aromatic heterocycles. The lowest BCUT2D eigenvalue weighted by Gasteiger charge is -2.32. The number of fused-ring (bicyclic) bond motifs is 1.